The largest absolute Gasteiger partial charge is 0.381 e. The normalized spacial score (nSPS) is 38.4. The Bertz CT molecular complexity index is 297. The number of nitrogens with one attached hydrogen (secondary N) is 1. The van der Waals surface area contributed by atoms with Crippen LogP contribution in [0.25, 0.3) is 0 Å². The van der Waals surface area contributed by atoms with Gasteiger partial charge >= 0.3 is 0 Å². The third-order valence-electron chi connectivity index (χ3n) is 5.35. The molecule has 3 heteroatoms. The second kappa shape index (κ2) is 3.46. The molecule has 0 aromatic carbocycles. The van der Waals surface area contributed by atoms with Gasteiger partial charge in [-0.3, -0.25) is 4.79 Å². The number of hydrogen-bond acceptors (Lipinski definition) is 2. The molecule has 1 saturated carbocycles. The highest BCUT2D eigenvalue weighted by atomic mass is 16.5. The third-order valence-corrected chi connectivity index (χ3v) is 5.35. The van der Waals surface area contributed by atoms with Crippen LogP contribution >= 0.6 is 0 Å². The van der Waals surface area contributed by atoms with Crippen LogP contribution in [0.3, 0.4) is 0 Å². The van der Waals surface area contributed by atoms with Gasteiger partial charge in [-0.15, -0.1) is 0 Å². The van der Waals surface area contributed by atoms with Crippen LogP contribution in [0.15, 0.2) is 0 Å². The molecule has 1 aliphatic carbocycles. The van der Waals surface area contributed by atoms with Gasteiger partial charge < -0.3 is 10.1 Å². The van der Waals surface area contributed by atoms with E-state index in [1.165, 1.54) is 19.3 Å². The summed E-state index contributed by atoms with van der Waals surface area (Å²) in [4.78, 5) is 11.8. The second-order valence-corrected chi connectivity index (χ2v) is 5.96. The van der Waals surface area contributed by atoms with Crippen LogP contribution in [0.5, 0.6) is 0 Å². The van der Waals surface area contributed by atoms with Crippen molar-refractivity contribution in [3.63, 3.8) is 0 Å². The Morgan fingerprint density at radius 3 is 2.56 bits per heavy atom. The highest BCUT2D eigenvalue weighted by Crippen LogP contribution is 2.56. The minimum atomic E-state index is 0.0490. The van der Waals surface area contributed by atoms with Gasteiger partial charge in [-0.1, -0.05) is 13.3 Å². The van der Waals surface area contributed by atoms with Gasteiger partial charge in [-0.05, 0) is 31.6 Å². The first kappa shape index (κ1) is 10.6. The average molecular weight is 223 g/mol. The molecule has 1 unspecified atom stereocenters. The monoisotopic (exact) mass is 223 g/mol. The van der Waals surface area contributed by atoms with E-state index in [1.54, 1.807) is 0 Å². The summed E-state index contributed by atoms with van der Waals surface area (Å²) in [6.45, 7) is 3.95. The maximum absolute atomic E-state index is 11.8. The quantitative estimate of drug-likeness (QED) is 0.737. The first-order valence-electron chi connectivity index (χ1n) is 6.55. The lowest BCUT2D eigenvalue weighted by molar-refractivity contribution is -0.120. The molecule has 2 heterocycles. The topological polar surface area (TPSA) is 38.3 Å². The van der Waals surface area contributed by atoms with E-state index in [1.807, 2.05) is 0 Å². The minimum Gasteiger partial charge on any atom is -0.381 e. The van der Waals surface area contributed by atoms with Crippen LogP contribution in [-0.2, 0) is 9.53 Å². The van der Waals surface area contributed by atoms with Crippen molar-refractivity contribution in [2.75, 3.05) is 13.2 Å². The number of rotatable bonds is 1. The number of ether oxygens (including phenoxy) is 1. The van der Waals surface area contributed by atoms with Crippen LogP contribution in [-0.4, -0.2) is 24.7 Å². The Kier molecular flexibility index (Phi) is 2.29. The molecule has 3 fully saturated rings. The van der Waals surface area contributed by atoms with Gasteiger partial charge in [-0.2, -0.15) is 0 Å². The fraction of sp³-hybridized carbons (Fsp3) is 0.923. The molecule has 3 nitrogen and oxygen atoms in total. The van der Waals surface area contributed by atoms with Crippen molar-refractivity contribution in [2.24, 2.45) is 11.3 Å². The Labute approximate surface area is 96.9 Å². The molecule has 3 rings (SSSR count). The standard InChI is InChI=1S/C13H21NO2/c1-12(10-3-2-4-10)9-11(15)14-13(12)5-7-16-8-6-13/h10H,2-9H2,1H3,(H,14,15). The van der Waals surface area contributed by atoms with Crippen LogP contribution in [0.4, 0.5) is 0 Å². The summed E-state index contributed by atoms with van der Waals surface area (Å²) >= 11 is 0. The van der Waals surface area contributed by atoms with Gasteiger partial charge in [0, 0.05) is 25.0 Å². The highest BCUT2D eigenvalue weighted by molar-refractivity contribution is 5.81. The van der Waals surface area contributed by atoms with Crippen molar-refractivity contribution in [1.82, 2.24) is 5.32 Å². The van der Waals surface area contributed by atoms with Crippen molar-refractivity contribution in [3.8, 4) is 0 Å². The molecule has 2 aliphatic heterocycles. The Morgan fingerprint density at radius 2 is 2.00 bits per heavy atom. The molecule has 0 bridgehead atoms. The number of amides is 1. The van der Waals surface area contributed by atoms with Gasteiger partial charge in [0.05, 0.1) is 5.54 Å². The van der Waals surface area contributed by atoms with E-state index < -0.39 is 0 Å². The molecule has 2 saturated heterocycles. The Balaban J connectivity index is 1.91. The molecule has 1 spiro atoms. The summed E-state index contributed by atoms with van der Waals surface area (Å²) in [7, 11) is 0. The zero-order chi connectivity index (χ0) is 11.2. The number of carbonyl (C=O) groups excluding carboxylic acids is 1. The molecule has 90 valence electrons. The summed E-state index contributed by atoms with van der Waals surface area (Å²) in [6.07, 6.45) is 6.72. The smallest absolute Gasteiger partial charge is 0.221 e. The number of hydrogen-bond donors (Lipinski definition) is 1. The predicted octanol–water partition coefficient (Wildman–Crippen LogP) is 1.86. The predicted molar refractivity (Wildman–Crippen MR) is 61.0 cm³/mol. The lowest BCUT2D eigenvalue weighted by atomic mass is 9.55. The second-order valence-electron chi connectivity index (χ2n) is 5.96. The molecule has 1 atom stereocenters. The summed E-state index contributed by atoms with van der Waals surface area (Å²) in [5, 5.41) is 3.29. The molecule has 16 heavy (non-hydrogen) atoms. The first-order valence-corrected chi connectivity index (χ1v) is 6.55. The van der Waals surface area contributed by atoms with Crippen molar-refractivity contribution in [1.29, 1.82) is 0 Å². The van der Waals surface area contributed by atoms with Crippen molar-refractivity contribution in [2.45, 2.75) is 51.0 Å². The maximum atomic E-state index is 11.8. The van der Waals surface area contributed by atoms with Crippen molar-refractivity contribution >= 4 is 5.91 Å². The van der Waals surface area contributed by atoms with E-state index in [0.717, 1.165) is 38.4 Å². The summed E-state index contributed by atoms with van der Waals surface area (Å²) in [6, 6.07) is 0. The molecule has 0 aromatic heterocycles. The Hall–Kier alpha value is -0.570. The van der Waals surface area contributed by atoms with Gasteiger partial charge in [0.1, 0.15) is 0 Å². The maximum Gasteiger partial charge on any atom is 0.221 e. The fourth-order valence-corrected chi connectivity index (χ4v) is 3.95. The van der Waals surface area contributed by atoms with Crippen LogP contribution in [0.2, 0.25) is 0 Å². The van der Waals surface area contributed by atoms with Gasteiger partial charge in [-0.25, -0.2) is 0 Å². The van der Waals surface area contributed by atoms with E-state index in [0.29, 0.717) is 0 Å². The fourth-order valence-electron chi connectivity index (χ4n) is 3.95. The molecular weight excluding hydrogens is 202 g/mol. The molecule has 3 aliphatic rings. The summed E-state index contributed by atoms with van der Waals surface area (Å²) in [5.74, 6) is 1.01. The molecule has 0 radical (unpaired) electrons. The lowest BCUT2D eigenvalue weighted by Gasteiger charge is -2.52. The SMILES string of the molecule is CC1(C2CCC2)CC(=O)NC12CCOCC2. The Morgan fingerprint density at radius 1 is 1.31 bits per heavy atom. The molecular formula is C13H21NO2. The van der Waals surface area contributed by atoms with Crippen LogP contribution < -0.4 is 5.32 Å². The molecule has 0 aromatic rings. The third kappa shape index (κ3) is 1.27. The van der Waals surface area contributed by atoms with E-state index >= 15 is 0 Å². The van der Waals surface area contributed by atoms with E-state index in [4.69, 9.17) is 4.74 Å². The summed E-state index contributed by atoms with van der Waals surface area (Å²) < 4.78 is 5.46. The zero-order valence-electron chi connectivity index (χ0n) is 10.1. The van der Waals surface area contributed by atoms with Gasteiger partial charge in [0.2, 0.25) is 5.91 Å². The highest BCUT2D eigenvalue weighted by Gasteiger charge is 2.59. The van der Waals surface area contributed by atoms with Crippen LogP contribution in [0, 0.1) is 11.3 Å². The zero-order valence-corrected chi connectivity index (χ0v) is 10.1. The van der Waals surface area contributed by atoms with Crippen molar-refractivity contribution in [3.05, 3.63) is 0 Å². The van der Waals surface area contributed by atoms with Gasteiger partial charge in [0.15, 0.2) is 0 Å². The van der Waals surface area contributed by atoms with Crippen molar-refractivity contribution < 1.29 is 9.53 Å². The molecule has 1 amide bonds. The van der Waals surface area contributed by atoms with E-state index in [9.17, 15) is 4.79 Å². The minimum absolute atomic E-state index is 0.0490. The van der Waals surface area contributed by atoms with E-state index in [-0.39, 0.29) is 16.9 Å². The average Bonchev–Trinajstić information content (AvgIpc) is 2.36. The van der Waals surface area contributed by atoms with Gasteiger partial charge in [0.25, 0.3) is 0 Å². The molecule has 1 N–H and O–H groups in total. The summed E-state index contributed by atoms with van der Waals surface area (Å²) in [5.41, 5.74) is 0.236. The van der Waals surface area contributed by atoms with E-state index in [2.05, 4.69) is 12.2 Å². The van der Waals surface area contributed by atoms with Crippen LogP contribution in [0.1, 0.15) is 45.4 Å². The number of carbonyl (C=O) groups is 1. The lowest BCUT2D eigenvalue weighted by Crippen LogP contribution is -2.58. The first-order chi connectivity index (χ1) is 7.66.